The van der Waals surface area contributed by atoms with Crippen LogP contribution in [0.3, 0.4) is 0 Å². The van der Waals surface area contributed by atoms with E-state index in [-0.39, 0.29) is 0 Å². The number of hydrogen-bond acceptors (Lipinski definition) is 3. The summed E-state index contributed by atoms with van der Waals surface area (Å²) in [6.07, 6.45) is 0. The Morgan fingerprint density at radius 3 is 2.27 bits per heavy atom. The average Bonchev–Trinajstić information content (AvgIpc) is 2.48. The van der Waals surface area contributed by atoms with Gasteiger partial charge in [-0.25, -0.2) is 13.1 Å². The molecule has 118 valence electrons. The van der Waals surface area contributed by atoms with E-state index in [0.29, 0.717) is 17.2 Å². The molecular weight excluding hydrogens is 314 g/mol. The monoisotopic (exact) mass is 335 g/mol. The van der Waals surface area contributed by atoms with Crippen LogP contribution in [0.15, 0.2) is 52.3 Å². The van der Waals surface area contributed by atoms with E-state index in [1.165, 1.54) is 5.56 Å². The fourth-order valence-corrected chi connectivity index (χ4v) is 4.31. The maximum atomic E-state index is 12.3. The molecule has 0 heterocycles. The molecule has 5 heteroatoms. The van der Waals surface area contributed by atoms with Crippen molar-refractivity contribution < 1.29 is 8.42 Å². The fraction of sp³-hybridized carbons (Fsp3) is 0.294. The average molecular weight is 335 g/mol. The topological polar surface area (TPSA) is 46.2 Å². The number of aryl methyl sites for hydroxylation is 3. The SMILES string of the molecule is Cc1ccc(SCCNS(=O)(=O)c2cc(C)ccc2C)cc1. The minimum atomic E-state index is -3.44. The van der Waals surface area contributed by atoms with E-state index in [2.05, 4.69) is 29.0 Å². The third-order valence-corrected chi connectivity index (χ3v) is 5.93. The third-order valence-electron chi connectivity index (χ3n) is 3.32. The summed E-state index contributed by atoms with van der Waals surface area (Å²) in [6.45, 7) is 6.17. The summed E-state index contributed by atoms with van der Waals surface area (Å²) >= 11 is 1.65. The van der Waals surface area contributed by atoms with Gasteiger partial charge in [0.15, 0.2) is 0 Å². The summed E-state index contributed by atoms with van der Waals surface area (Å²) in [4.78, 5) is 1.52. The van der Waals surface area contributed by atoms with E-state index < -0.39 is 10.0 Å². The van der Waals surface area contributed by atoms with Gasteiger partial charge in [-0.1, -0.05) is 29.8 Å². The Hall–Kier alpha value is -1.30. The molecule has 2 aromatic carbocycles. The summed E-state index contributed by atoms with van der Waals surface area (Å²) in [5.41, 5.74) is 2.93. The van der Waals surface area contributed by atoms with E-state index >= 15 is 0 Å². The molecular formula is C17H21NO2S2. The molecule has 0 amide bonds. The van der Waals surface area contributed by atoms with Crippen LogP contribution in [-0.2, 0) is 10.0 Å². The van der Waals surface area contributed by atoms with Crippen LogP contribution in [0.25, 0.3) is 0 Å². The van der Waals surface area contributed by atoms with Crippen LogP contribution in [0.2, 0.25) is 0 Å². The lowest BCUT2D eigenvalue weighted by atomic mass is 10.2. The van der Waals surface area contributed by atoms with Crippen LogP contribution < -0.4 is 4.72 Å². The van der Waals surface area contributed by atoms with Gasteiger partial charge in [0.2, 0.25) is 10.0 Å². The predicted molar refractivity (Wildman–Crippen MR) is 93.0 cm³/mol. The molecule has 0 aliphatic carbocycles. The highest BCUT2D eigenvalue weighted by atomic mass is 32.2. The van der Waals surface area contributed by atoms with Crippen molar-refractivity contribution in [1.82, 2.24) is 4.72 Å². The molecule has 0 bridgehead atoms. The van der Waals surface area contributed by atoms with Crippen molar-refractivity contribution in [2.75, 3.05) is 12.3 Å². The summed E-state index contributed by atoms with van der Waals surface area (Å²) in [5, 5.41) is 0. The normalized spacial score (nSPS) is 11.6. The first-order valence-electron chi connectivity index (χ1n) is 7.15. The minimum Gasteiger partial charge on any atom is -0.210 e. The first-order valence-corrected chi connectivity index (χ1v) is 9.62. The van der Waals surface area contributed by atoms with Crippen molar-refractivity contribution in [3.8, 4) is 0 Å². The number of hydrogen-bond donors (Lipinski definition) is 1. The van der Waals surface area contributed by atoms with Crippen molar-refractivity contribution in [3.63, 3.8) is 0 Å². The van der Waals surface area contributed by atoms with Crippen LogP contribution in [0, 0.1) is 20.8 Å². The molecule has 2 aromatic rings. The van der Waals surface area contributed by atoms with Gasteiger partial charge in [-0.15, -0.1) is 11.8 Å². The fourth-order valence-electron chi connectivity index (χ4n) is 2.05. The molecule has 2 rings (SSSR count). The van der Waals surface area contributed by atoms with Crippen molar-refractivity contribution >= 4 is 21.8 Å². The highest BCUT2D eigenvalue weighted by Crippen LogP contribution is 2.19. The van der Waals surface area contributed by atoms with Crippen LogP contribution in [0.4, 0.5) is 0 Å². The molecule has 0 fully saturated rings. The molecule has 3 nitrogen and oxygen atoms in total. The Bertz CT molecular complexity index is 738. The van der Waals surface area contributed by atoms with Gasteiger partial charge < -0.3 is 0 Å². The minimum absolute atomic E-state index is 0.368. The number of benzene rings is 2. The molecule has 0 unspecified atom stereocenters. The number of sulfonamides is 1. The molecule has 0 spiro atoms. The Morgan fingerprint density at radius 2 is 1.59 bits per heavy atom. The zero-order valence-electron chi connectivity index (χ0n) is 13.1. The van der Waals surface area contributed by atoms with Gasteiger partial charge in [0, 0.05) is 17.2 Å². The lowest BCUT2D eigenvalue weighted by molar-refractivity contribution is 0.583. The number of nitrogens with one attached hydrogen (secondary N) is 1. The van der Waals surface area contributed by atoms with E-state index in [1.54, 1.807) is 17.8 Å². The molecule has 0 radical (unpaired) electrons. The molecule has 0 aliphatic rings. The van der Waals surface area contributed by atoms with Gasteiger partial charge in [0.05, 0.1) is 4.90 Å². The first-order chi connectivity index (χ1) is 10.4. The Kier molecular flexibility index (Phi) is 5.67. The molecule has 0 atom stereocenters. The van der Waals surface area contributed by atoms with Crippen LogP contribution in [0.1, 0.15) is 16.7 Å². The van der Waals surface area contributed by atoms with Gasteiger partial charge in [-0.05, 0) is 50.1 Å². The standard InChI is InChI=1S/C17H21NO2S2/c1-13-5-8-16(9-6-13)21-11-10-18-22(19,20)17-12-14(2)4-7-15(17)3/h4-9,12,18H,10-11H2,1-3H3. The van der Waals surface area contributed by atoms with Crippen molar-refractivity contribution in [2.24, 2.45) is 0 Å². The molecule has 1 N–H and O–H groups in total. The summed E-state index contributed by atoms with van der Waals surface area (Å²) in [5.74, 6) is 0.702. The van der Waals surface area contributed by atoms with E-state index in [4.69, 9.17) is 0 Å². The highest BCUT2D eigenvalue weighted by molar-refractivity contribution is 7.99. The summed E-state index contributed by atoms with van der Waals surface area (Å²) in [7, 11) is -3.44. The second-order valence-electron chi connectivity index (χ2n) is 5.33. The smallest absolute Gasteiger partial charge is 0.210 e. The lowest BCUT2D eigenvalue weighted by Crippen LogP contribution is -2.26. The van der Waals surface area contributed by atoms with E-state index in [1.807, 2.05) is 32.9 Å². The Balaban J connectivity index is 1.93. The summed E-state index contributed by atoms with van der Waals surface area (Å²) in [6, 6.07) is 13.7. The quantitative estimate of drug-likeness (QED) is 0.647. The molecule has 0 saturated heterocycles. The van der Waals surface area contributed by atoms with E-state index in [9.17, 15) is 8.42 Å². The Morgan fingerprint density at radius 1 is 0.955 bits per heavy atom. The van der Waals surface area contributed by atoms with Crippen LogP contribution in [-0.4, -0.2) is 20.7 Å². The number of rotatable bonds is 6. The molecule has 0 saturated carbocycles. The van der Waals surface area contributed by atoms with Gasteiger partial charge in [-0.3, -0.25) is 0 Å². The van der Waals surface area contributed by atoms with Crippen LogP contribution >= 0.6 is 11.8 Å². The van der Waals surface area contributed by atoms with Crippen molar-refractivity contribution in [3.05, 3.63) is 59.2 Å². The van der Waals surface area contributed by atoms with E-state index in [0.717, 1.165) is 16.0 Å². The second kappa shape index (κ2) is 7.31. The van der Waals surface area contributed by atoms with Gasteiger partial charge >= 0.3 is 0 Å². The lowest BCUT2D eigenvalue weighted by Gasteiger charge is -2.10. The second-order valence-corrected chi connectivity index (χ2v) is 8.23. The summed E-state index contributed by atoms with van der Waals surface area (Å²) < 4.78 is 27.4. The van der Waals surface area contributed by atoms with Crippen molar-refractivity contribution in [1.29, 1.82) is 0 Å². The molecule has 0 aliphatic heterocycles. The van der Waals surface area contributed by atoms with Crippen molar-refractivity contribution in [2.45, 2.75) is 30.6 Å². The van der Waals surface area contributed by atoms with Crippen LogP contribution in [0.5, 0.6) is 0 Å². The predicted octanol–water partition coefficient (Wildman–Crippen LogP) is 3.68. The van der Waals surface area contributed by atoms with Gasteiger partial charge in [0.25, 0.3) is 0 Å². The zero-order valence-corrected chi connectivity index (χ0v) is 14.7. The maximum Gasteiger partial charge on any atom is 0.240 e. The first kappa shape index (κ1) is 17.1. The number of thioether (sulfide) groups is 1. The molecule has 0 aromatic heterocycles. The Labute approximate surface area is 137 Å². The zero-order chi connectivity index (χ0) is 16.2. The van der Waals surface area contributed by atoms with Gasteiger partial charge in [0.1, 0.15) is 0 Å². The largest absolute Gasteiger partial charge is 0.240 e. The molecule has 22 heavy (non-hydrogen) atoms. The van der Waals surface area contributed by atoms with Gasteiger partial charge in [-0.2, -0.15) is 0 Å². The maximum absolute atomic E-state index is 12.3. The highest BCUT2D eigenvalue weighted by Gasteiger charge is 2.16. The third kappa shape index (κ3) is 4.60.